The van der Waals surface area contributed by atoms with Crippen molar-refractivity contribution in [3.63, 3.8) is 0 Å². The van der Waals surface area contributed by atoms with Crippen LogP contribution in [0, 0.1) is 12.7 Å². The topological polar surface area (TPSA) is 68.0 Å². The van der Waals surface area contributed by atoms with Gasteiger partial charge >= 0.3 is 0 Å². The summed E-state index contributed by atoms with van der Waals surface area (Å²) in [6.45, 7) is 2.00. The van der Waals surface area contributed by atoms with Gasteiger partial charge in [0.2, 0.25) is 11.7 Å². The van der Waals surface area contributed by atoms with Crippen molar-refractivity contribution in [2.75, 3.05) is 5.32 Å². The van der Waals surface area contributed by atoms with E-state index in [4.69, 9.17) is 16.1 Å². The molecule has 0 fully saturated rings. The van der Waals surface area contributed by atoms with Gasteiger partial charge in [0, 0.05) is 5.56 Å². The number of benzene rings is 3. The molecule has 0 unspecified atom stereocenters. The number of aromatic nitrogens is 2. The highest BCUT2D eigenvalue weighted by Gasteiger charge is 2.16. The summed E-state index contributed by atoms with van der Waals surface area (Å²) in [6, 6.07) is 19.2. The smallest absolute Gasteiger partial charge is 0.260 e. The Kier molecular flexibility index (Phi) is 5.59. The maximum absolute atomic E-state index is 13.6. The fourth-order valence-corrected chi connectivity index (χ4v) is 3.08. The van der Waals surface area contributed by atoms with Gasteiger partial charge in [-0.15, -0.1) is 0 Å². The molecule has 0 atom stereocenters. The number of rotatable bonds is 5. The molecule has 7 heteroatoms. The Hall–Kier alpha value is -3.51. The Morgan fingerprint density at radius 1 is 1.10 bits per heavy atom. The summed E-state index contributed by atoms with van der Waals surface area (Å²) in [4.78, 5) is 16.9. The monoisotopic (exact) mass is 421 g/mol. The van der Waals surface area contributed by atoms with E-state index in [-0.39, 0.29) is 17.4 Å². The molecule has 1 aromatic heterocycles. The number of nitrogens with zero attached hydrogens (tertiary/aromatic N) is 2. The third-order valence-electron chi connectivity index (χ3n) is 4.52. The molecule has 4 aromatic rings. The van der Waals surface area contributed by atoms with Crippen LogP contribution in [0.25, 0.3) is 22.8 Å². The molecule has 0 aliphatic heterocycles. The number of carbonyl (C=O) groups is 1. The summed E-state index contributed by atoms with van der Waals surface area (Å²) in [5, 5.41) is 6.89. The quantitative estimate of drug-likeness (QED) is 0.449. The van der Waals surface area contributed by atoms with Gasteiger partial charge in [-0.05, 0) is 36.8 Å². The molecule has 150 valence electrons. The molecule has 1 N–H and O–H groups in total. The minimum absolute atomic E-state index is 0.000866. The van der Waals surface area contributed by atoms with Crippen molar-refractivity contribution in [3.05, 3.63) is 88.7 Å². The fraction of sp³-hybridized carbons (Fsp3) is 0.0870. The van der Waals surface area contributed by atoms with E-state index in [1.165, 1.54) is 12.1 Å². The Balaban J connectivity index is 1.55. The van der Waals surface area contributed by atoms with Gasteiger partial charge in [-0.1, -0.05) is 64.8 Å². The number of hydrogen-bond donors (Lipinski definition) is 1. The Bertz CT molecular complexity index is 1210. The van der Waals surface area contributed by atoms with E-state index in [1.807, 2.05) is 37.3 Å². The van der Waals surface area contributed by atoms with E-state index in [1.54, 1.807) is 24.3 Å². The first-order chi connectivity index (χ1) is 14.5. The van der Waals surface area contributed by atoms with Crippen LogP contribution in [0.5, 0.6) is 0 Å². The zero-order valence-corrected chi connectivity index (χ0v) is 16.8. The van der Waals surface area contributed by atoms with Crippen LogP contribution in [0.15, 0.2) is 71.3 Å². The lowest BCUT2D eigenvalue weighted by atomic mass is 10.1. The van der Waals surface area contributed by atoms with Crippen molar-refractivity contribution in [3.8, 4) is 22.8 Å². The third kappa shape index (κ3) is 4.39. The van der Waals surface area contributed by atoms with Crippen LogP contribution in [-0.2, 0) is 11.2 Å². The van der Waals surface area contributed by atoms with E-state index in [2.05, 4.69) is 15.5 Å². The van der Waals surface area contributed by atoms with Gasteiger partial charge in [0.25, 0.3) is 5.89 Å². The molecule has 0 spiro atoms. The van der Waals surface area contributed by atoms with Crippen LogP contribution >= 0.6 is 11.6 Å². The lowest BCUT2D eigenvalue weighted by Crippen LogP contribution is -2.15. The lowest BCUT2D eigenvalue weighted by Gasteiger charge is -2.09. The van der Waals surface area contributed by atoms with Crippen molar-refractivity contribution >= 4 is 23.2 Å². The Morgan fingerprint density at radius 3 is 2.63 bits per heavy atom. The molecule has 1 heterocycles. The second kappa shape index (κ2) is 8.47. The second-order valence-electron chi connectivity index (χ2n) is 6.81. The normalized spacial score (nSPS) is 10.8. The summed E-state index contributed by atoms with van der Waals surface area (Å²) in [5.41, 5.74) is 3.61. The molecular weight excluding hydrogens is 405 g/mol. The van der Waals surface area contributed by atoms with Crippen LogP contribution in [0.2, 0.25) is 5.02 Å². The number of hydrogen-bond acceptors (Lipinski definition) is 4. The third-order valence-corrected chi connectivity index (χ3v) is 4.82. The van der Waals surface area contributed by atoms with Crippen molar-refractivity contribution < 1.29 is 13.7 Å². The van der Waals surface area contributed by atoms with Gasteiger partial charge in [0.1, 0.15) is 5.82 Å². The summed E-state index contributed by atoms with van der Waals surface area (Å²) in [5.74, 6) is -0.110. The standard InChI is InChI=1S/C23H17ClFN3O2/c1-14-6-9-16(10-7-14)22-27-23(30-28-22)17-4-2-3-5-20(17)26-21(29)13-15-8-11-18(24)19(25)12-15/h2-12H,13H2,1H3,(H,26,29). The molecule has 0 bridgehead atoms. The number of nitrogens with one attached hydrogen (secondary N) is 1. The molecule has 0 saturated heterocycles. The van der Waals surface area contributed by atoms with Crippen LogP contribution in [0.1, 0.15) is 11.1 Å². The largest absolute Gasteiger partial charge is 0.334 e. The Morgan fingerprint density at radius 2 is 1.87 bits per heavy atom. The van der Waals surface area contributed by atoms with Gasteiger partial charge < -0.3 is 9.84 Å². The highest BCUT2D eigenvalue weighted by atomic mass is 35.5. The maximum atomic E-state index is 13.6. The number of amides is 1. The van der Waals surface area contributed by atoms with E-state index >= 15 is 0 Å². The predicted octanol–water partition coefficient (Wildman–Crippen LogP) is 5.69. The number of para-hydroxylation sites is 1. The van der Waals surface area contributed by atoms with Crippen molar-refractivity contribution in [1.82, 2.24) is 10.1 Å². The van der Waals surface area contributed by atoms with Gasteiger partial charge in [0.05, 0.1) is 22.7 Å². The van der Waals surface area contributed by atoms with Gasteiger partial charge in [-0.3, -0.25) is 4.79 Å². The molecule has 4 rings (SSSR count). The number of halogens is 2. The maximum Gasteiger partial charge on any atom is 0.260 e. The molecule has 0 saturated carbocycles. The average molecular weight is 422 g/mol. The first kappa shape index (κ1) is 19.8. The van der Waals surface area contributed by atoms with Gasteiger partial charge in [-0.2, -0.15) is 4.98 Å². The van der Waals surface area contributed by atoms with Crippen molar-refractivity contribution in [2.24, 2.45) is 0 Å². The highest BCUT2D eigenvalue weighted by molar-refractivity contribution is 6.30. The van der Waals surface area contributed by atoms with E-state index in [0.29, 0.717) is 28.5 Å². The lowest BCUT2D eigenvalue weighted by molar-refractivity contribution is -0.115. The fourth-order valence-electron chi connectivity index (χ4n) is 2.96. The zero-order valence-electron chi connectivity index (χ0n) is 16.0. The average Bonchev–Trinajstić information content (AvgIpc) is 3.22. The van der Waals surface area contributed by atoms with E-state index in [9.17, 15) is 9.18 Å². The number of carbonyl (C=O) groups excluding carboxylic acids is 1. The SMILES string of the molecule is Cc1ccc(-c2noc(-c3ccccc3NC(=O)Cc3ccc(Cl)c(F)c3)n2)cc1. The van der Waals surface area contributed by atoms with E-state index in [0.717, 1.165) is 11.1 Å². The van der Waals surface area contributed by atoms with Gasteiger partial charge in [-0.25, -0.2) is 4.39 Å². The van der Waals surface area contributed by atoms with E-state index < -0.39 is 5.82 Å². The number of anilines is 1. The molecule has 0 radical (unpaired) electrons. The molecular formula is C23H17ClFN3O2. The van der Waals surface area contributed by atoms with Crippen LogP contribution < -0.4 is 5.32 Å². The highest BCUT2D eigenvalue weighted by Crippen LogP contribution is 2.29. The number of aryl methyl sites for hydroxylation is 1. The summed E-state index contributed by atoms with van der Waals surface area (Å²) in [7, 11) is 0. The summed E-state index contributed by atoms with van der Waals surface area (Å²) < 4.78 is 19.0. The molecule has 5 nitrogen and oxygen atoms in total. The molecule has 3 aromatic carbocycles. The second-order valence-corrected chi connectivity index (χ2v) is 7.22. The van der Waals surface area contributed by atoms with Crippen molar-refractivity contribution in [2.45, 2.75) is 13.3 Å². The Labute approximate surface area is 177 Å². The van der Waals surface area contributed by atoms with Crippen LogP contribution in [0.3, 0.4) is 0 Å². The minimum atomic E-state index is -0.558. The van der Waals surface area contributed by atoms with Gasteiger partial charge in [0.15, 0.2) is 0 Å². The summed E-state index contributed by atoms with van der Waals surface area (Å²) in [6.07, 6.45) is 0.000866. The predicted molar refractivity (Wildman–Crippen MR) is 114 cm³/mol. The first-order valence-corrected chi connectivity index (χ1v) is 9.61. The summed E-state index contributed by atoms with van der Waals surface area (Å²) >= 11 is 5.69. The zero-order chi connectivity index (χ0) is 21.1. The molecule has 1 amide bonds. The molecule has 0 aliphatic carbocycles. The van der Waals surface area contributed by atoms with Crippen LogP contribution in [-0.4, -0.2) is 16.0 Å². The minimum Gasteiger partial charge on any atom is -0.334 e. The molecule has 30 heavy (non-hydrogen) atoms. The van der Waals surface area contributed by atoms with Crippen LogP contribution in [0.4, 0.5) is 10.1 Å². The first-order valence-electron chi connectivity index (χ1n) is 9.23. The van der Waals surface area contributed by atoms with Crippen molar-refractivity contribution in [1.29, 1.82) is 0 Å². The molecule has 0 aliphatic rings.